The second-order valence-electron chi connectivity index (χ2n) is 5.16. The molecule has 2 aromatic heterocycles. The molecule has 118 valence electrons. The highest BCUT2D eigenvalue weighted by Gasteiger charge is 2.10. The fourth-order valence-corrected chi connectivity index (χ4v) is 2.79. The zero-order valence-electron chi connectivity index (χ0n) is 12.3. The van der Waals surface area contributed by atoms with Gasteiger partial charge in [0.05, 0.1) is 10.6 Å². The Kier molecular flexibility index (Phi) is 4.84. The molecular formula is C17H15Cl2N3O. The van der Waals surface area contributed by atoms with Gasteiger partial charge in [-0.3, -0.25) is 4.79 Å². The number of pyridine rings is 1. The van der Waals surface area contributed by atoms with Gasteiger partial charge in [0.2, 0.25) is 0 Å². The zero-order chi connectivity index (χ0) is 16.2. The van der Waals surface area contributed by atoms with Crippen molar-refractivity contribution in [3.63, 3.8) is 0 Å². The summed E-state index contributed by atoms with van der Waals surface area (Å²) >= 11 is 11.9. The van der Waals surface area contributed by atoms with Crippen LogP contribution < -0.4 is 5.32 Å². The lowest BCUT2D eigenvalue weighted by Crippen LogP contribution is -2.25. The second kappa shape index (κ2) is 7.02. The van der Waals surface area contributed by atoms with Crippen LogP contribution in [0.25, 0.3) is 11.0 Å². The van der Waals surface area contributed by atoms with Gasteiger partial charge in [0.15, 0.2) is 0 Å². The van der Waals surface area contributed by atoms with E-state index in [0.717, 1.165) is 24.0 Å². The third-order valence-corrected chi connectivity index (χ3v) is 4.12. The molecule has 0 radical (unpaired) electrons. The lowest BCUT2D eigenvalue weighted by Gasteiger charge is -2.08. The van der Waals surface area contributed by atoms with Gasteiger partial charge in [-0.1, -0.05) is 23.2 Å². The van der Waals surface area contributed by atoms with E-state index in [9.17, 15) is 4.79 Å². The molecule has 3 aromatic rings. The predicted octanol–water partition coefficient (Wildman–Crippen LogP) is 4.16. The van der Waals surface area contributed by atoms with Gasteiger partial charge in [-0.2, -0.15) is 0 Å². The number of fused-ring (bicyclic) bond motifs is 1. The number of hydrogen-bond donors (Lipinski definition) is 1. The minimum Gasteiger partial charge on any atom is -0.352 e. The van der Waals surface area contributed by atoms with Gasteiger partial charge in [-0.25, -0.2) is 4.98 Å². The number of aryl methyl sites for hydroxylation is 1. The normalized spacial score (nSPS) is 10.9. The highest BCUT2D eigenvalue weighted by Crippen LogP contribution is 2.20. The van der Waals surface area contributed by atoms with Crippen molar-refractivity contribution in [2.24, 2.45) is 0 Å². The molecule has 0 saturated heterocycles. The van der Waals surface area contributed by atoms with Gasteiger partial charge in [-0.15, -0.1) is 0 Å². The summed E-state index contributed by atoms with van der Waals surface area (Å²) in [6, 6.07) is 10.8. The van der Waals surface area contributed by atoms with E-state index in [0.29, 0.717) is 22.2 Å². The number of nitrogens with zero attached hydrogens (tertiary/aromatic N) is 2. The first kappa shape index (κ1) is 15.8. The van der Waals surface area contributed by atoms with E-state index in [1.165, 1.54) is 0 Å². The minimum absolute atomic E-state index is 0.215. The summed E-state index contributed by atoms with van der Waals surface area (Å²) in [5.41, 5.74) is 1.35. The fourth-order valence-electron chi connectivity index (χ4n) is 2.42. The predicted molar refractivity (Wildman–Crippen MR) is 93.1 cm³/mol. The van der Waals surface area contributed by atoms with Crippen LogP contribution >= 0.6 is 23.2 Å². The third kappa shape index (κ3) is 3.66. The number of carbonyl (C=O) groups excluding carboxylic acids is 1. The molecule has 0 aliphatic heterocycles. The van der Waals surface area contributed by atoms with Crippen LogP contribution in [0.3, 0.4) is 0 Å². The van der Waals surface area contributed by atoms with Crippen LogP contribution in [0.15, 0.2) is 48.8 Å². The van der Waals surface area contributed by atoms with Gasteiger partial charge in [0.1, 0.15) is 5.65 Å². The number of halogens is 2. The molecule has 1 aromatic carbocycles. The maximum absolute atomic E-state index is 12.1. The van der Waals surface area contributed by atoms with Gasteiger partial charge < -0.3 is 9.88 Å². The second-order valence-corrected chi connectivity index (χ2v) is 6.00. The lowest BCUT2D eigenvalue weighted by molar-refractivity contribution is 0.0953. The average Bonchev–Trinajstić information content (AvgIpc) is 2.97. The lowest BCUT2D eigenvalue weighted by atomic mass is 10.2. The molecule has 0 spiro atoms. The van der Waals surface area contributed by atoms with Crippen LogP contribution in [0, 0.1) is 0 Å². The SMILES string of the molecule is O=C(NCCCn1ccc2cccnc21)c1cc(Cl)ccc1Cl. The van der Waals surface area contributed by atoms with E-state index in [4.69, 9.17) is 23.2 Å². The van der Waals surface area contributed by atoms with E-state index in [1.54, 1.807) is 24.4 Å². The molecular weight excluding hydrogens is 333 g/mol. The fraction of sp³-hybridized carbons (Fsp3) is 0.176. The maximum atomic E-state index is 12.1. The highest BCUT2D eigenvalue weighted by molar-refractivity contribution is 6.35. The van der Waals surface area contributed by atoms with Crippen molar-refractivity contribution in [3.8, 4) is 0 Å². The molecule has 0 aliphatic carbocycles. The van der Waals surface area contributed by atoms with Crippen LogP contribution in [0.4, 0.5) is 0 Å². The molecule has 3 rings (SSSR count). The van der Waals surface area contributed by atoms with Crippen LogP contribution in [-0.2, 0) is 6.54 Å². The van der Waals surface area contributed by atoms with E-state index in [2.05, 4.69) is 14.9 Å². The number of aromatic nitrogens is 2. The van der Waals surface area contributed by atoms with Crippen molar-refractivity contribution >= 4 is 40.1 Å². The van der Waals surface area contributed by atoms with Crippen molar-refractivity contribution < 1.29 is 4.79 Å². The van der Waals surface area contributed by atoms with Crippen LogP contribution in [0.1, 0.15) is 16.8 Å². The molecule has 1 amide bonds. The summed E-state index contributed by atoms with van der Waals surface area (Å²) in [6.45, 7) is 1.33. The average molecular weight is 348 g/mol. The number of benzene rings is 1. The van der Waals surface area contributed by atoms with Crippen molar-refractivity contribution in [2.45, 2.75) is 13.0 Å². The number of carbonyl (C=O) groups is 1. The standard InChI is InChI=1S/C17H15Cl2N3O/c18-13-4-5-15(19)14(11-13)17(23)21-8-2-9-22-10-6-12-3-1-7-20-16(12)22/h1,3-7,10-11H,2,8-9H2,(H,21,23). The summed E-state index contributed by atoms with van der Waals surface area (Å²) in [5, 5.41) is 4.86. The minimum atomic E-state index is -0.215. The molecule has 2 heterocycles. The Labute approximate surface area is 144 Å². The smallest absolute Gasteiger partial charge is 0.252 e. The zero-order valence-corrected chi connectivity index (χ0v) is 13.8. The first-order valence-corrected chi connectivity index (χ1v) is 8.04. The van der Waals surface area contributed by atoms with Crippen LogP contribution in [0.2, 0.25) is 10.0 Å². The van der Waals surface area contributed by atoms with Crippen molar-refractivity contribution in [3.05, 3.63) is 64.4 Å². The van der Waals surface area contributed by atoms with E-state index in [-0.39, 0.29) is 5.91 Å². The number of hydrogen-bond acceptors (Lipinski definition) is 2. The summed E-state index contributed by atoms with van der Waals surface area (Å²) in [5.74, 6) is -0.215. The van der Waals surface area contributed by atoms with Crippen LogP contribution in [-0.4, -0.2) is 22.0 Å². The molecule has 1 N–H and O–H groups in total. The first-order valence-electron chi connectivity index (χ1n) is 7.28. The van der Waals surface area contributed by atoms with Gasteiger partial charge in [0.25, 0.3) is 5.91 Å². The summed E-state index contributed by atoms with van der Waals surface area (Å²) in [7, 11) is 0. The molecule has 0 bridgehead atoms. The summed E-state index contributed by atoms with van der Waals surface area (Å²) < 4.78 is 2.08. The Morgan fingerprint density at radius 2 is 2.09 bits per heavy atom. The van der Waals surface area contributed by atoms with Crippen molar-refractivity contribution in [1.82, 2.24) is 14.9 Å². The molecule has 23 heavy (non-hydrogen) atoms. The Bertz CT molecular complexity index is 845. The Morgan fingerprint density at radius 3 is 2.96 bits per heavy atom. The largest absolute Gasteiger partial charge is 0.352 e. The number of rotatable bonds is 5. The van der Waals surface area contributed by atoms with Gasteiger partial charge in [0, 0.05) is 35.9 Å². The third-order valence-electron chi connectivity index (χ3n) is 3.56. The van der Waals surface area contributed by atoms with Crippen molar-refractivity contribution in [2.75, 3.05) is 6.54 Å². The highest BCUT2D eigenvalue weighted by atomic mass is 35.5. The first-order chi connectivity index (χ1) is 11.1. The number of amides is 1. The van der Waals surface area contributed by atoms with E-state index < -0.39 is 0 Å². The maximum Gasteiger partial charge on any atom is 0.252 e. The van der Waals surface area contributed by atoms with E-state index in [1.807, 2.05) is 24.4 Å². The van der Waals surface area contributed by atoms with E-state index >= 15 is 0 Å². The molecule has 0 saturated carbocycles. The Hall–Kier alpha value is -2.04. The van der Waals surface area contributed by atoms with Crippen LogP contribution in [0.5, 0.6) is 0 Å². The quantitative estimate of drug-likeness (QED) is 0.704. The van der Waals surface area contributed by atoms with Crippen molar-refractivity contribution in [1.29, 1.82) is 0 Å². The molecule has 6 heteroatoms. The topological polar surface area (TPSA) is 46.9 Å². The monoisotopic (exact) mass is 347 g/mol. The summed E-state index contributed by atoms with van der Waals surface area (Å²) in [6.07, 6.45) is 4.58. The molecule has 0 atom stereocenters. The Balaban J connectivity index is 1.55. The Morgan fingerprint density at radius 1 is 1.22 bits per heavy atom. The summed E-state index contributed by atoms with van der Waals surface area (Å²) in [4.78, 5) is 16.5. The molecule has 4 nitrogen and oxygen atoms in total. The molecule has 0 fully saturated rings. The molecule has 0 unspecified atom stereocenters. The number of nitrogens with one attached hydrogen (secondary N) is 1. The molecule has 0 aliphatic rings. The van der Waals surface area contributed by atoms with Gasteiger partial charge in [-0.05, 0) is 42.8 Å². The van der Waals surface area contributed by atoms with Gasteiger partial charge >= 0.3 is 0 Å².